The molecule has 0 aliphatic heterocycles. The zero-order valence-electron chi connectivity index (χ0n) is 10.2. The molecule has 0 N–H and O–H groups in total. The zero-order chi connectivity index (χ0) is 13.2. The minimum atomic E-state index is 0.0693. The first-order chi connectivity index (χ1) is 9.25. The minimum absolute atomic E-state index is 0.0693. The van der Waals surface area contributed by atoms with E-state index in [4.69, 9.17) is 0 Å². The summed E-state index contributed by atoms with van der Waals surface area (Å²) in [6.07, 6.45) is 1.93. The van der Waals surface area contributed by atoms with Crippen LogP contribution < -0.4 is 5.56 Å². The van der Waals surface area contributed by atoms with Crippen LogP contribution >= 0.6 is 22.6 Å². The fourth-order valence-corrected chi connectivity index (χ4v) is 3.00. The minimum Gasteiger partial charge on any atom is -0.309 e. The SMILES string of the molecule is O=c1c2ccccc2c(I)cn1Cc1ccccc1. The van der Waals surface area contributed by atoms with E-state index in [2.05, 4.69) is 22.6 Å². The van der Waals surface area contributed by atoms with Crippen molar-refractivity contribution in [3.8, 4) is 0 Å². The maximum atomic E-state index is 12.4. The van der Waals surface area contributed by atoms with Crippen LogP contribution in [0.25, 0.3) is 10.8 Å². The van der Waals surface area contributed by atoms with E-state index in [-0.39, 0.29) is 5.56 Å². The predicted octanol–water partition coefficient (Wildman–Crippen LogP) is 3.65. The van der Waals surface area contributed by atoms with Gasteiger partial charge in [0.05, 0.1) is 6.54 Å². The van der Waals surface area contributed by atoms with Gasteiger partial charge in [-0.3, -0.25) is 4.79 Å². The molecule has 3 aromatic rings. The lowest BCUT2D eigenvalue weighted by Crippen LogP contribution is -2.21. The third-order valence-corrected chi connectivity index (χ3v) is 4.00. The van der Waals surface area contributed by atoms with Crippen LogP contribution in [0.2, 0.25) is 0 Å². The molecule has 0 bridgehead atoms. The highest BCUT2D eigenvalue weighted by atomic mass is 127. The van der Waals surface area contributed by atoms with E-state index in [9.17, 15) is 4.79 Å². The number of hydrogen-bond donors (Lipinski definition) is 0. The second-order valence-corrected chi connectivity index (χ2v) is 5.60. The van der Waals surface area contributed by atoms with Crippen molar-refractivity contribution in [1.82, 2.24) is 4.57 Å². The standard InChI is InChI=1S/C16H12INO/c17-15-11-18(10-12-6-2-1-3-7-12)16(19)14-9-5-4-8-13(14)15/h1-9,11H,10H2. The summed E-state index contributed by atoms with van der Waals surface area (Å²) in [5.74, 6) is 0. The molecule has 1 aromatic heterocycles. The van der Waals surface area contributed by atoms with Gasteiger partial charge in [-0.1, -0.05) is 48.5 Å². The van der Waals surface area contributed by atoms with E-state index in [1.165, 1.54) is 0 Å². The first-order valence-electron chi connectivity index (χ1n) is 6.07. The van der Waals surface area contributed by atoms with Crippen LogP contribution in [0.1, 0.15) is 5.56 Å². The lowest BCUT2D eigenvalue weighted by Gasteiger charge is -2.09. The Labute approximate surface area is 124 Å². The molecule has 0 amide bonds. The summed E-state index contributed by atoms with van der Waals surface area (Å²) in [6.45, 7) is 0.612. The van der Waals surface area contributed by atoms with Crippen LogP contribution in [0.15, 0.2) is 65.6 Å². The molecule has 0 fully saturated rings. The molecular weight excluding hydrogens is 349 g/mol. The number of pyridine rings is 1. The van der Waals surface area contributed by atoms with Gasteiger partial charge in [-0.2, -0.15) is 0 Å². The lowest BCUT2D eigenvalue weighted by atomic mass is 10.1. The first-order valence-corrected chi connectivity index (χ1v) is 7.15. The van der Waals surface area contributed by atoms with E-state index in [1.54, 1.807) is 4.57 Å². The number of halogens is 1. The van der Waals surface area contributed by atoms with Crippen molar-refractivity contribution < 1.29 is 0 Å². The molecular formula is C16H12INO. The van der Waals surface area contributed by atoms with Crippen molar-refractivity contribution in [2.24, 2.45) is 0 Å². The molecule has 1 heterocycles. The number of benzene rings is 2. The van der Waals surface area contributed by atoms with E-state index >= 15 is 0 Å². The fourth-order valence-electron chi connectivity index (χ4n) is 2.20. The normalized spacial score (nSPS) is 10.8. The number of rotatable bonds is 2. The van der Waals surface area contributed by atoms with Crippen molar-refractivity contribution in [2.75, 3.05) is 0 Å². The van der Waals surface area contributed by atoms with E-state index in [1.807, 2.05) is 60.8 Å². The Balaban J connectivity index is 2.15. The van der Waals surface area contributed by atoms with Crippen molar-refractivity contribution in [2.45, 2.75) is 6.54 Å². The van der Waals surface area contributed by atoms with Gasteiger partial charge in [0.1, 0.15) is 0 Å². The highest BCUT2D eigenvalue weighted by Gasteiger charge is 2.06. The summed E-state index contributed by atoms with van der Waals surface area (Å²) in [4.78, 5) is 12.4. The molecule has 0 saturated heterocycles. The Morgan fingerprint density at radius 2 is 1.53 bits per heavy atom. The van der Waals surface area contributed by atoms with Gasteiger partial charge in [-0.15, -0.1) is 0 Å². The van der Waals surface area contributed by atoms with Gasteiger partial charge < -0.3 is 4.57 Å². The van der Waals surface area contributed by atoms with Crippen LogP contribution in [0, 0.1) is 3.57 Å². The third kappa shape index (κ3) is 2.42. The zero-order valence-corrected chi connectivity index (χ0v) is 12.4. The molecule has 3 rings (SSSR count). The van der Waals surface area contributed by atoms with Crippen LogP contribution in [0.3, 0.4) is 0 Å². The topological polar surface area (TPSA) is 22.0 Å². The average Bonchev–Trinajstić information content (AvgIpc) is 2.46. The predicted molar refractivity (Wildman–Crippen MR) is 86.5 cm³/mol. The largest absolute Gasteiger partial charge is 0.309 e. The Bertz CT molecular complexity index is 778. The van der Waals surface area contributed by atoms with Gasteiger partial charge in [0.15, 0.2) is 0 Å². The van der Waals surface area contributed by atoms with Crippen molar-refractivity contribution in [3.05, 3.63) is 80.3 Å². The van der Waals surface area contributed by atoms with Crippen LogP contribution in [0.5, 0.6) is 0 Å². The number of fused-ring (bicyclic) bond motifs is 1. The smallest absolute Gasteiger partial charge is 0.258 e. The summed E-state index contributed by atoms with van der Waals surface area (Å²) in [6, 6.07) is 17.8. The quantitative estimate of drug-likeness (QED) is 0.639. The molecule has 19 heavy (non-hydrogen) atoms. The van der Waals surface area contributed by atoms with E-state index in [0.717, 1.165) is 19.9 Å². The fraction of sp³-hybridized carbons (Fsp3) is 0.0625. The molecule has 2 aromatic carbocycles. The van der Waals surface area contributed by atoms with Gasteiger partial charge in [0.2, 0.25) is 0 Å². The molecule has 94 valence electrons. The van der Waals surface area contributed by atoms with Gasteiger partial charge in [-0.05, 0) is 34.2 Å². The molecule has 3 heteroatoms. The molecule has 2 nitrogen and oxygen atoms in total. The van der Waals surface area contributed by atoms with E-state index in [0.29, 0.717) is 6.54 Å². The second-order valence-electron chi connectivity index (χ2n) is 4.44. The van der Waals surface area contributed by atoms with Gasteiger partial charge >= 0.3 is 0 Å². The summed E-state index contributed by atoms with van der Waals surface area (Å²) in [5.41, 5.74) is 1.20. The summed E-state index contributed by atoms with van der Waals surface area (Å²) in [5, 5.41) is 1.81. The Kier molecular flexibility index (Phi) is 3.38. The molecule has 0 unspecified atom stereocenters. The van der Waals surface area contributed by atoms with Crippen LogP contribution in [-0.2, 0) is 6.54 Å². The van der Waals surface area contributed by atoms with Gasteiger partial charge in [0.25, 0.3) is 5.56 Å². The molecule has 0 spiro atoms. The highest BCUT2D eigenvalue weighted by molar-refractivity contribution is 14.1. The Morgan fingerprint density at radius 1 is 0.895 bits per heavy atom. The summed E-state index contributed by atoms with van der Waals surface area (Å²) in [7, 11) is 0. The van der Waals surface area contributed by atoms with Crippen LogP contribution in [0.4, 0.5) is 0 Å². The molecule has 0 atom stereocenters. The summed E-state index contributed by atoms with van der Waals surface area (Å²) >= 11 is 2.28. The molecule has 0 aliphatic carbocycles. The molecule has 0 radical (unpaired) electrons. The first kappa shape index (κ1) is 12.4. The maximum Gasteiger partial charge on any atom is 0.258 e. The monoisotopic (exact) mass is 361 g/mol. The Morgan fingerprint density at radius 3 is 2.26 bits per heavy atom. The van der Waals surface area contributed by atoms with Gasteiger partial charge in [-0.25, -0.2) is 0 Å². The number of hydrogen-bond acceptors (Lipinski definition) is 1. The van der Waals surface area contributed by atoms with Crippen molar-refractivity contribution >= 4 is 33.4 Å². The van der Waals surface area contributed by atoms with Crippen LogP contribution in [-0.4, -0.2) is 4.57 Å². The van der Waals surface area contributed by atoms with Gasteiger partial charge in [0, 0.05) is 20.5 Å². The van der Waals surface area contributed by atoms with Crippen molar-refractivity contribution in [3.63, 3.8) is 0 Å². The third-order valence-electron chi connectivity index (χ3n) is 3.14. The Hall–Kier alpha value is -1.62. The number of nitrogens with zero attached hydrogens (tertiary/aromatic N) is 1. The molecule has 0 saturated carbocycles. The van der Waals surface area contributed by atoms with Crippen molar-refractivity contribution in [1.29, 1.82) is 0 Å². The lowest BCUT2D eigenvalue weighted by molar-refractivity contribution is 0.765. The van der Waals surface area contributed by atoms with E-state index < -0.39 is 0 Å². The summed E-state index contributed by atoms with van der Waals surface area (Å²) < 4.78 is 2.88. The second kappa shape index (κ2) is 5.17. The highest BCUT2D eigenvalue weighted by Crippen LogP contribution is 2.17. The molecule has 0 aliphatic rings. The number of aromatic nitrogens is 1. The maximum absolute atomic E-state index is 12.4. The average molecular weight is 361 g/mol.